The Bertz CT molecular complexity index is 664. The molecule has 20 heavy (non-hydrogen) atoms. The summed E-state index contributed by atoms with van der Waals surface area (Å²) in [6.45, 7) is 0.101. The van der Waals surface area contributed by atoms with E-state index in [9.17, 15) is 14.5 Å². The van der Waals surface area contributed by atoms with E-state index in [2.05, 4.69) is 31.9 Å². The largest absolute Gasteiger partial charge is 0.482 e. The number of ether oxygens (including phenoxy) is 1. The third kappa shape index (κ3) is 3.55. The molecule has 0 atom stereocenters. The van der Waals surface area contributed by atoms with Crippen LogP contribution in [0, 0.1) is 15.9 Å². The SMILES string of the molecule is O=[N+]([O-])c1cc(Br)ccc1OCc1ccc(F)cc1Br. The lowest BCUT2D eigenvalue weighted by atomic mass is 10.2. The Morgan fingerprint density at radius 3 is 2.60 bits per heavy atom. The minimum Gasteiger partial charge on any atom is -0.482 e. The predicted octanol–water partition coefficient (Wildman–Crippen LogP) is 4.84. The van der Waals surface area contributed by atoms with Crippen molar-refractivity contribution in [2.75, 3.05) is 0 Å². The number of benzene rings is 2. The molecule has 0 N–H and O–H groups in total. The van der Waals surface area contributed by atoms with Gasteiger partial charge >= 0.3 is 5.69 Å². The van der Waals surface area contributed by atoms with Gasteiger partial charge in [-0.3, -0.25) is 10.1 Å². The molecule has 0 fully saturated rings. The van der Waals surface area contributed by atoms with Crippen LogP contribution in [0.15, 0.2) is 45.3 Å². The van der Waals surface area contributed by atoms with Crippen LogP contribution in [0.25, 0.3) is 0 Å². The van der Waals surface area contributed by atoms with Gasteiger partial charge in [0, 0.05) is 20.6 Å². The van der Waals surface area contributed by atoms with Crippen molar-refractivity contribution < 1.29 is 14.1 Å². The van der Waals surface area contributed by atoms with Crippen LogP contribution in [0.1, 0.15) is 5.56 Å². The molecule has 7 heteroatoms. The molecule has 4 nitrogen and oxygen atoms in total. The smallest absolute Gasteiger partial charge is 0.312 e. The maximum absolute atomic E-state index is 13.0. The van der Waals surface area contributed by atoms with Crippen molar-refractivity contribution in [3.63, 3.8) is 0 Å². The monoisotopic (exact) mass is 403 g/mol. The quantitative estimate of drug-likeness (QED) is 0.541. The van der Waals surface area contributed by atoms with Gasteiger partial charge in [0.1, 0.15) is 12.4 Å². The van der Waals surface area contributed by atoms with E-state index in [4.69, 9.17) is 4.74 Å². The topological polar surface area (TPSA) is 52.4 Å². The molecular formula is C13H8Br2FNO3. The molecule has 0 heterocycles. The predicted molar refractivity (Wildman–Crippen MR) is 79.2 cm³/mol. The second-order valence-corrected chi connectivity index (χ2v) is 5.66. The van der Waals surface area contributed by atoms with Gasteiger partial charge in [-0.15, -0.1) is 0 Å². The lowest BCUT2D eigenvalue weighted by Gasteiger charge is -2.08. The number of nitrogens with zero attached hydrogens (tertiary/aromatic N) is 1. The van der Waals surface area contributed by atoms with Gasteiger partial charge < -0.3 is 4.74 Å². The van der Waals surface area contributed by atoms with Gasteiger partial charge in [-0.25, -0.2) is 4.39 Å². The standard InChI is InChI=1S/C13H8Br2FNO3/c14-9-2-4-13(12(5-9)17(18)19)20-7-8-1-3-10(16)6-11(8)15/h1-6H,7H2. The Morgan fingerprint density at radius 1 is 1.20 bits per heavy atom. The van der Waals surface area contributed by atoms with Crippen molar-refractivity contribution in [3.05, 3.63) is 66.8 Å². The summed E-state index contributed by atoms with van der Waals surface area (Å²) in [4.78, 5) is 10.4. The summed E-state index contributed by atoms with van der Waals surface area (Å²) in [5.41, 5.74) is 0.571. The molecule has 0 radical (unpaired) electrons. The number of hydrogen-bond donors (Lipinski definition) is 0. The molecule has 0 aliphatic carbocycles. The first-order chi connectivity index (χ1) is 9.47. The van der Waals surface area contributed by atoms with Crippen LogP contribution in [-0.4, -0.2) is 4.92 Å². The Labute approximate surface area is 131 Å². The summed E-state index contributed by atoms with van der Waals surface area (Å²) < 4.78 is 19.6. The average molecular weight is 405 g/mol. The van der Waals surface area contributed by atoms with Crippen molar-refractivity contribution in [1.82, 2.24) is 0 Å². The zero-order chi connectivity index (χ0) is 14.7. The number of rotatable bonds is 4. The van der Waals surface area contributed by atoms with Crippen molar-refractivity contribution in [1.29, 1.82) is 0 Å². The first-order valence-electron chi connectivity index (χ1n) is 5.48. The van der Waals surface area contributed by atoms with Crippen LogP contribution in [0.2, 0.25) is 0 Å². The van der Waals surface area contributed by atoms with Gasteiger partial charge in [-0.2, -0.15) is 0 Å². The Morgan fingerprint density at radius 2 is 1.95 bits per heavy atom. The second kappa shape index (κ2) is 6.32. The van der Waals surface area contributed by atoms with E-state index in [1.807, 2.05) is 0 Å². The summed E-state index contributed by atoms with van der Waals surface area (Å²) in [5.74, 6) is -0.204. The van der Waals surface area contributed by atoms with E-state index in [0.717, 1.165) is 0 Å². The van der Waals surface area contributed by atoms with Crippen LogP contribution in [-0.2, 0) is 6.61 Å². The summed E-state index contributed by atoms with van der Waals surface area (Å²) in [6, 6.07) is 8.72. The van der Waals surface area contributed by atoms with Crippen LogP contribution < -0.4 is 4.74 Å². The Balaban J connectivity index is 2.20. The van der Waals surface area contributed by atoms with E-state index in [1.165, 1.54) is 24.3 Å². The van der Waals surface area contributed by atoms with Gasteiger partial charge in [-0.1, -0.05) is 37.9 Å². The molecule has 2 aromatic carbocycles. The molecule has 104 valence electrons. The maximum atomic E-state index is 13.0. The maximum Gasteiger partial charge on any atom is 0.312 e. The van der Waals surface area contributed by atoms with Crippen LogP contribution in [0.4, 0.5) is 10.1 Å². The molecule has 2 rings (SSSR count). The molecule has 0 aliphatic rings. The molecule has 0 amide bonds. The number of nitro groups is 1. The summed E-state index contributed by atoms with van der Waals surface area (Å²) in [5, 5.41) is 10.9. The lowest BCUT2D eigenvalue weighted by molar-refractivity contribution is -0.386. The molecule has 0 spiro atoms. The molecular weight excluding hydrogens is 397 g/mol. The highest BCUT2D eigenvalue weighted by Gasteiger charge is 2.16. The molecule has 0 bridgehead atoms. The summed E-state index contributed by atoms with van der Waals surface area (Å²) in [7, 11) is 0. The fourth-order valence-electron chi connectivity index (χ4n) is 1.55. The third-order valence-corrected chi connectivity index (χ3v) is 3.75. The van der Waals surface area contributed by atoms with Crippen molar-refractivity contribution in [3.8, 4) is 5.75 Å². The fraction of sp³-hybridized carbons (Fsp3) is 0.0769. The first-order valence-corrected chi connectivity index (χ1v) is 7.06. The summed E-state index contributed by atoms with van der Waals surface area (Å²) >= 11 is 6.39. The first kappa shape index (κ1) is 14.9. The zero-order valence-corrected chi connectivity index (χ0v) is 13.1. The molecule has 0 aliphatic heterocycles. The Kier molecular flexibility index (Phi) is 4.72. The minimum atomic E-state index is -0.514. The summed E-state index contributed by atoms with van der Waals surface area (Å²) in [6.07, 6.45) is 0. The number of nitro benzene ring substituents is 1. The zero-order valence-electron chi connectivity index (χ0n) is 9.98. The van der Waals surface area contributed by atoms with Gasteiger partial charge in [-0.05, 0) is 24.3 Å². The molecule has 0 saturated heterocycles. The van der Waals surface area contributed by atoms with Crippen LogP contribution in [0.3, 0.4) is 0 Å². The van der Waals surface area contributed by atoms with E-state index < -0.39 is 4.92 Å². The van der Waals surface area contributed by atoms with E-state index in [-0.39, 0.29) is 23.9 Å². The van der Waals surface area contributed by atoms with Gasteiger partial charge in [0.15, 0.2) is 5.75 Å². The van der Waals surface area contributed by atoms with Gasteiger partial charge in [0.2, 0.25) is 0 Å². The van der Waals surface area contributed by atoms with Crippen molar-refractivity contribution in [2.24, 2.45) is 0 Å². The highest BCUT2D eigenvalue weighted by molar-refractivity contribution is 9.10. The average Bonchev–Trinajstić information content (AvgIpc) is 2.38. The van der Waals surface area contributed by atoms with Crippen molar-refractivity contribution >= 4 is 37.5 Å². The minimum absolute atomic E-state index is 0.101. The van der Waals surface area contributed by atoms with E-state index in [1.54, 1.807) is 12.1 Å². The molecule has 0 unspecified atom stereocenters. The highest BCUT2D eigenvalue weighted by Crippen LogP contribution is 2.31. The lowest BCUT2D eigenvalue weighted by Crippen LogP contribution is -2.00. The van der Waals surface area contributed by atoms with Crippen LogP contribution in [0.5, 0.6) is 5.75 Å². The van der Waals surface area contributed by atoms with Crippen LogP contribution >= 0.6 is 31.9 Å². The molecule has 0 aromatic heterocycles. The Hall–Kier alpha value is -1.47. The van der Waals surface area contributed by atoms with E-state index in [0.29, 0.717) is 14.5 Å². The number of halogens is 3. The normalized spacial score (nSPS) is 10.3. The fourth-order valence-corrected chi connectivity index (χ4v) is 2.36. The van der Waals surface area contributed by atoms with E-state index >= 15 is 0 Å². The molecule has 2 aromatic rings. The van der Waals surface area contributed by atoms with Gasteiger partial charge in [0.05, 0.1) is 4.92 Å². The molecule has 0 saturated carbocycles. The van der Waals surface area contributed by atoms with Gasteiger partial charge in [0.25, 0.3) is 0 Å². The van der Waals surface area contributed by atoms with Crippen molar-refractivity contribution in [2.45, 2.75) is 6.61 Å². The number of hydrogen-bond acceptors (Lipinski definition) is 3. The third-order valence-electron chi connectivity index (χ3n) is 2.52. The second-order valence-electron chi connectivity index (χ2n) is 3.89. The highest BCUT2D eigenvalue weighted by atomic mass is 79.9.